The summed E-state index contributed by atoms with van der Waals surface area (Å²) in [5.41, 5.74) is -6.56. The SMILES string of the molecule is CC=CC(C)OCC(C)(CO)C(=O)OCCC(C)(C)OCC(C)(C)OC(=O)C(C)(CO)COC1(CC)C=COC1C(C)(CO)CO. The van der Waals surface area contributed by atoms with Gasteiger partial charge in [0, 0.05) is 6.42 Å². The Morgan fingerprint density at radius 3 is 2.00 bits per heavy atom. The monoisotopic (exact) mass is 660 g/mol. The minimum Gasteiger partial charge on any atom is -0.494 e. The molecule has 0 bridgehead atoms. The summed E-state index contributed by atoms with van der Waals surface area (Å²) in [5.74, 6) is -1.27. The Bertz CT molecular complexity index is 1020. The number of esters is 2. The highest BCUT2D eigenvalue weighted by atomic mass is 16.6. The number of hydrogen-bond acceptors (Lipinski definition) is 12. The van der Waals surface area contributed by atoms with Crippen LogP contribution in [0.3, 0.4) is 0 Å². The second-order valence-electron chi connectivity index (χ2n) is 14.4. The van der Waals surface area contributed by atoms with E-state index in [0.29, 0.717) is 12.8 Å². The quantitative estimate of drug-likeness (QED) is 0.0990. The van der Waals surface area contributed by atoms with Gasteiger partial charge in [0.1, 0.15) is 28.1 Å². The summed E-state index contributed by atoms with van der Waals surface area (Å²) in [6, 6.07) is 0. The molecule has 0 saturated heterocycles. The Kier molecular flexibility index (Phi) is 15.8. The Balaban J connectivity index is 2.77. The fourth-order valence-corrected chi connectivity index (χ4v) is 4.62. The van der Waals surface area contributed by atoms with Gasteiger partial charge >= 0.3 is 11.9 Å². The fourth-order valence-electron chi connectivity index (χ4n) is 4.62. The van der Waals surface area contributed by atoms with Crippen LogP contribution in [0.25, 0.3) is 0 Å². The van der Waals surface area contributed by atoms with Gasteiger partial charge in [-0.15, -0.1) is 0 Å². The van der Waals surface area contributed by atoms with Gasteiger partial charge in [-0.3, -0.25) is 9.59 Å². The van der Waals surface area contributed by atoms with Crippen LogP contribution in [0.4, 0.5) is 0 Å². The lowest BCUT2D eigenvalue weighted by atomic mass is 9.75. The molecule has 0 amide bonds. The van der Waals surface area contributed by atoms with Crippen LogP contribution in [-0.4, -0.2) is 114 Å². The van der Waals surface area contributed by atoms with Crippen LogP contribution in [0.2, 0.25) is 0 Å². The van der Waals surface area contributed by atoms with Crippen LogP contribution in [0.1, 0.15) is 82.1 Å². The molecule has 5 atom stereocenters. The van der Waals surface area contributed by atoms with Gasteiger partial charge in [-0.05, 0) is 67.9 Å². The van der Waals surface area contributed by atoms with Gasteiger partial charge in [0.2, 0.25) is 0 Å². The van der Waals surface area contributed by atoms with E-state index < -0.39 is 64.3 Å². The van der Waals surface area contributed by atoms with Crippen molar-refractivity contribution in [1.29, 1.82) is 0 Å². The average molecular weight is 661 g/mol. The number of aliphatic hydroxyl groups is 4. The molecule has 46 heavy (non-hydrogen) atoms. The molecule has 1 heterocycles. The van der Waals surface area contributed by atoms with E-state index in [4.69, 9.17) is 28.4 Å². The summed E-state index contributed by atoms with van der Waals surface area (Å²) in [4.78, 5) is 26.1. The molecule has 0 aliphatic carbocycles. The fraction of sp³-hybridized carbons (Fsp3) is 0.824. The molecule has 5 unspecified atom stereocenters. The second kappa shape index (κ2) is 17.4. The Hall–Kier alpha value is -2.06. The van der Waals surface area contributed by atoms with Gasteiger partial charge < -0.3 is 48.8 Å². The molecule has 0 fully saturated rings. The molecule has 0 aromatic carbocycles. The third-order valence-corrected chi connectivity index (χ3v) is 8.50. The van der Waals surface area contributed by atoms with E-state index in [9.17, 15) is 30.0 Å². The maximum Gasteiger partial charge on any atom is 0.317 e. The lowest BCUT2D eigenvalue weighted by Crippen LogP contribution is -2.55. The van der Waals surface area contributed by atoms with Gasteiger partial charge in [0.25, 0.3) is 0 Å². The van der Waals surface area contributed by atoms with E-state index in [1.54, 1.807) is 33.8 Å². The average Bonchev–Trinajstić information content (AvgIpc) is 3.46. The second-order valence-corrected chi connectivity index (χ2v) is 14.4. The van der Waals surface area contributed by atoms with E-state index in [-0.39, 0.29) is 45.7 Å². The number of carbonyl (C=O) groups is 2. The minimum absolute atomic E-state index is 0.000277. The third kappa shape index (κ3) is 11.3. The number of carbonyl (C=O) groups excluding carboxylic acids is 2. The van der Waals surface area contributed by atoms with Gasteiger partial charge in [-0.1, -0.05) is 26.0 Å². The lowest BCUT2D eigenvalue weighted by molar-refractivity contribution is -0.196. The molecule has 0 saturated carbocycles. The van der Waals surface area contributed by atoms with Crippen molar-refractivity contribution in [3.63, 3.8) is 0 Å². The maximum absolute atomic E-state index is 13.4. The zero-order valence-corrected chi connectivity index (χ0v) is 29.6. The van der Waals surface area contributed by atoms with Crippen LogP contribution in [0.5, 0.6) is 0 Å². The highest BCUT2D eigenvalue weighted by molar-refractivity contribution is 5.77. The zero-order chi connectivity index (χ0) is 35.5. The highest BCUT2D eigenvalue weighted by Crippen LogP contribution is 2.42. The van der Waals surface area contributed by atoms with Gasteiger partial charge in [-0.2, -0.15) is 0 Å². The molecule has 4 N–H and O–H groups in total. The molecule has 0 aromatic heterocycles. The molecule has 268 valence electrons. The minimum atomic E-state index is -1.44. The lowest BCUT2D eigenvalue weighted by Gasteiger charge is -2.43. The standard InChI is InChI=1S/C34H60O12/c1-11-13-25(3)43-23-32(9,20-37)27(39)42-16-14-29(4,5)44-22-30(6,7)46-28(40)33(10,21-38)24-45-34(12-2)15-17-41-26(34)31(8,18-35)19-36/h11,13,15,17,25-26,35-38H,12,14,16,18-24H2,1-10H3. The largest absolute Gasteiger partial charge is 0.494 e. The van der Waals surface area contributed by atoms with Crippen LogP contribution in [0, 0.1) is 16.2 Å². The molecular formula is C34H60O12. The molecule has 12 heteroatoms. The van der Waals surface area contributed by atoms with Crippen molar-refractivity contribution in [2.45, 2.75) is 111 Å². The van der Waals surface area contributed by atoms with Gasteiger partial charge in [0.15, 0.2) is 0 Å². The first-order chi connectivity index (χ1) is 21.3. The predicted octanol–water partition coefficient (Wildman–Crippen LogP) is 3.08. The van der Waals surface area contributed by atoms with Crippen molar-refractivity contribution in [3.8, 4) is 0 Å². The summed E-state index contributed by atoms with van der Waals surface area (Å²) in [6.45, 7) is 15.5. The van der Waals surface area contributed by atoms with Gasteiger partial charge in [0.05, 0.1) is 76.2 Å². The van der Waals surface area contributed by atoms with E-state index in [0.717, 1.165) is 0 Å². The Morgan fingerprint density at radius 1 is 0.891 bits per heavy atom. The summed E-state index contributed by atoms with van der Waals surface area (Å²) in [5, 5.41) is 40.0. The van der Waals surface area contributed by atoms with E-state index in [1.165, 1.54) is 13.2 Å². The van der Waals surface area contributed by atoms with Crippen LogP contribution in [-0.2, 0) is 38.0 Å². The Labute approximate surface area is 275 Å². The van der Waals surface area contributed by atoms with Crippen LogP contribution < -0.4 is 0 Å². The molecular weight excluding hydrogens is 600 g/mol. The van der Waals surface area contributed by atoms with E-state index in [1.807, 2.05) is 46.8 Å². The topological polar surface area (TPSA) is 170 Å². The van der Waals surface area contributed by atoms with Crippen molar-refractivity contribution >= 4 is 11.9 Å². The Morgan fingerprint density at radius 2 is 1.48 bits per heavy atom. The highest BCUT2D eigenvalue weighted by Gasteiger charge is 2.53. The third-order valence-electron chi connectivity index (χ3n) is 8.50. The number of ether oxygens (including phenoxy) is 6. The number of hydrogen-bond donors (Lipinski definition) is 4. The molecule has 1 aliphatic rings. The molecule has 0 aromatic rings. The maximum atomic E-state index is 13.4. The summed E-state index contributed by atoms with van der Waals surface area (Å²) >= 11 is 0. The molecule has 0 radical (unpaired) electrons. The molecule has 0 spiro atoms. The normalized spacial score (nSPS) is 22.3. The van der Waals surface area contributed by atoms with Crippen molar-refractivity contribution in [1.82, 2.24) is 0 Å². The summed E-state index contributed by atoms with van der Waals surface area (Å²) in [6.07, 6.45) is 6.67. The van der Waals surface area contributed by atoms with Crippen molar-refractivity contribution in [2.24, 2.45) is 16.2 Å². The predicted molar refractivity (Wildman–Crippen MR) is 172 cm³/mol. The summed E-state index contributed by atoms with van der Waals surface area (Å²) in [7, 11) is 0. The van der Waals surface area contributed by atoms with E-state index in [2.05, 4.69) is 0 Å². The zero-order valence-electron chi connectivity index (χ0n) is 29.6. The number of allylic oxidation sites excluding steroid dienone is 1. The van der Waals surface area contributed by atoms with E-state index >= 15 is 0 Å². The van der Waals surface area contributed by atoms with Crippen LogP contribution in [0.15, 0.2) is 24.5 Å². The summed E-state index contributed by atoms with van der Waals surface area (Å²) < 4.78 is 35.0. The number of rotatable bonds is 22. The van der Waals surface area contributed by atoms with Crippen molar-refractivity contribution < 1.29 is 58.4 Å². The first kappa shape index (κ1) is 42.0. The molecule has 12 nitrogen and oxygen atoms in total. The first-order valence-corrected chi connectivity index (χ1v) is 16.0. The smallest absolute Gasteiger partial charge is 0.317 e. The molecule has 1 rings (SSSR count). The molecule has 1 aliphatic heterocycles. The van der Waals surface area contributed by atoms with Crippen LogP contribution >= 0.6 is 0 Å². The van der Waals surface area contributed by atoms with Crippen molar-refractivity contribution in [3.05, 3.63) is 24.5 Å². The number of aliphatic hydroxyl groups excluding tert-OH is 4. The first-order valence-electron chi connectivity index (χ1n) is 16.0. The van der Waals surface area contributed by atoms with Gasteiger partial charge in [-0.25, -0.2) is 0 Å². The van der Waals surface area contributed by atoms with Crippen molar-refractivity contribution in [2.75, 3.05) is 52.9 Å².